The van der Waals surface area contributed by atoms with Gasteiger partial charge in [0.05, 0.1) is 0 Å². The van der Waals surface area contributed by atoms with E-state index < -0.39 is 0 Å². The monoisotopic (exact) mass is 248 g/mol. The van der Waals surface area contributed by atoms with Crippen molar-refractivity contribution in [3.63, 3.8) is 0 Å². The van der Waals surface area contributed by atoms with Crippen LogP contribution in [0.4, 0.5) is 0 Å². The van der Waals surface area contributed by atoms with Gasteiger partial charge >= 0.3 is 0 Å². The van der Waals surface area contributed by atoms with Gasteiger partial charge in [-0.3, -0.25) is 0 Å². The topological polar surface area (TPSA) is 0 Å². The van der Waals surface area contributed by atoms with Crippen LogP contribution in [0.15, 0.2) is 59.6 Å². The van der Waals surface area contributed by atoms with E-state index in [9.17, 15) is 0 Å². The fourth-order valence-electron chi connectivity index (χ4n) is 1.15. The Morgan fingerprint density at radius 3 is 2.64 bits per heavy atom. The van der Waals surface area contributed by atoms with Gasteiger partial charge in [-0.05, 0) is 24.1 Å². The first-order chi connectivity index (χ1) is 6.75. The summed E-state index contributed by atoms with van der Waals surface area (Å²) in [4.78, 5) is 0. The molecule has 1 aromatic carbocycles. The molecule has 0 saturated heterocycles. The van der Waals surface area contributed by atoms with Crippen LogP contribution in [0, 0.1) is 0 Å². The number of allylic oxidation sites excluding steroid dienone is 5. The summed E-state index contributed by atoms with van der Waals surface area (Å²) < 4.78 is 1.13. The molecule has 0 bridgehead atoms. The highest BCUT2D eigenvalue weighted by molar-refractivity contribution is 9.10. The Morgan fingerprint density at radius 2 is 2.00 bits per heavy atom. The smallest absolute Gasteiger partial charge is 0.0250 e. The summed E-state index contributed by atoms with van der Waals surface area (Å²) in [7, 11) is 0. The Kier molecular flexibility index (Phi) is 4.41. The summed E-state index contributed by atoms with van der Waals surface area (Å²) in [5.74, 6) is 0. The molecule has 0 aliphatic carbocycles. The van der Waals surface area contributed by atoms with E-state index in [0.29, 0.717) is 0 Å². The predicted octanol–water partition coefficient (Wildman–Crippen LogP) is 4.59. The SMILES string of the molecule is C=C/C=C\C=C(/C)c1ccccc1Br. The zero-order chi connectivity index (χ0) is 10.4. The number of hydrogen-bond donors (Lipinski definition) is 0. The maximum atomic E-state index is 3.62. The number of benzene rings is 1. The first-order valence-electron chi connectivity index (χ1n) is 4.46. The Morgan fingerprint density at radius 1 is 1.29 bits per heavy atom. The van der Waals surface area contributed by atoms with Crippen LogP contribution < -0.4 is 0 Å². The molecule has 0 atom stereocenters. The van der Waals surface area contributed by atoms with Gasteiger partial charge < -0.3 is 0 Å². The van der Waals surface area contributed by atoms with Gasteiger partial charge in [-0.15, -0.1) is 0 Å². The lowest BCUT2D eigenvalue weighted by molar-refractivity contribution is 1.52. The third-order valence-corrected chi connectivity index (χ3v) is 2.58. The van der Waals surface area contributed by atoms with Gasteiger partial charge in [0.1, 0.15) is 0 Å². The van der Waals surface area contributed by atoms with Crippen LogP contribution in [0.25, 0.3) is 5.57 Å². The Balaban J connectivity index is 2.94. The van der Waals surface area contributed by atoms with Crippen molar-refractivity contribution >= 4 is 21.5 Å². The van der Waals surface area contributed by atoms with E-state index in [2.05, 4.69) is 41.6 Å². The second-order valence-electron chi connectivity index (χ2n) is 2.95. The number of hydrogen-bond acceptors (Lipinski definition) is 0. The van der Waals surface area contributed by atoms with E-state index in [1.807, 2.05) is 30.4 Å². The standard InChI is InChI=1S/C13H13Br/c1-3-4-5-8-11(2)12-9-6-7-10-13(12)14/h3-10H,1H2,2H3/b5-4-,11-8+. The summed E-state index contributed by atoms with van der Waals surface area (Å²) in [5.41, 5.74) is 2.46. The second-order valence-corrected chi connectivity index (χ2v) is 3.80. The summed E-state index contributed by atoms with van der Waals surface area (Å²) in [6, 6.07) is 8.19. The lowest BCUT2D eigenvalue weighted by atomic mass is 10.1. The van der Waals surface area contributed by atoms with Crippen LogP contribution >= 0.6 is 15.9 Å². The zero-order valence-electron chi connectivity index (χ0n) is 8.20. The fourth-order valence-corrected chi connectivity index (χ4v) is 1.75. The molecule has 0 aromatic heterocycles. The summed E-state index contributed by atoms with van der Waals surface area (Å²) in [6.45, 7) is 5.71. The second kappa shape index (κ2) is 5.61. The molecule has 0 unspecified atom stereocenters. The van der Waals surface area contributed by atoms with E-state index in [4.69, 9.17) is 0 Å². The van der Waals surface area contributed by atoms with Gasteiger partial charge in [-0.2, -0.15) is 0 Å². The summed E-state index contributed by atoms with van der Waals surface area (Å²) in [5, 5.41) is 0. The minimum absolute atomic E-state index is 1.13. The van der Waals surface area contributed by atoms with Gasteiger partial charge in [0.15, 0.2) is 0 Å². The molecule has 0 fully saturated rings. The molecule has 0 saturated carbocycles. The highest BCUT2D eigenvalue weighted by Gasteiger charge is 1.98. The van der Waals surface area contributed by atoms with Gasteiger partial charge in [0.25, 0.3) is 0 Å². The quantitative estimate of drug-likeness (QED) is 0.687. The molecule has 14 heavy (non-hydrogen) atoms. The predicted molar refractivity (Wildman–Crippen MR) is 67.1 cm³/mol. The molecule has 0 nitrogen and oxygen atoms in total. The van der Waals surface area contributed by atoms with Crippen molar-refractivity contribution in [2.45, 2.75) is 6.92 Å². The van der Waals surface area contributed by atoms with Crippen LogP contribution in [0.1, 0.15) is 12.5 Å². The Labute approximate surface area is 93.8 Å². The molecule has 1 heteroatoms. The molecule has 72 valence electrons. The van der Waals surface area contributed by atoms with Gasteiger partial charge in [0.2, 0.25) is 0 Å². The zero-order valence-corrected chi connectivity index (χ0v) is 9.79. The van der Waals surface area contributed by atoms with Crippen LogP contribution in [0.5, 0.6) is 0 Å². The van der Waals surface area contributed by atoms with Crippen molar-refractivity contribution in [1.82, 2.24) is 0 Å². The van der Waals surface area contributed by atoms with Crippen LogP contribution in [0.2, 0.25) is 0 Å². The van der Waals surface area contributed by atoms with Crippen LogP contribution in [-0.2, 0) is 0 Å². The maximum Gasteiger partial charge on any atom is 0.0250 e. The fraction of sp³-hybridized carbons (Fsp3) is 0.0769. The van der Waals surface area contributed by atoms with E-state index in [0.717, 1.165) is 4.47 Å². The summed E-state index contributed by atoms with van der Waals surface area (Å²) >= 11 is 3.52. The average Bonchev–Trinajstić information content (AvgIpc) is 2.18. The van der Waals surface area contributed by atoms with Crippen molar-refractivity contribution in [1.29, 1.82) is 0 Å². The molecule has 0 radical (unpaired) electrons. The lowest BCUT2D eigenvalue weighted by Crippen LogP contribution is -1.79. The summed E-state index contributed by atoms with van der Waals surface area (Å²) in [6.07, 6.45) is 7.74. The maximum absolute atomic E-state index is 3.62. The highest BCUT2D eigenvalue weighted by atomic mass is 79.9. The molecule has 0 amide bonds. The molecule has 1 rings (SSSR count). The van der Waals surface area contributed by atoms with Crippen LogP contribution in [-0.4, -0.2) is 0 Å². The lowest BCUT2D eigenvalue weighted by Gasteiger charge is -2.02. The molecular formula is C13H13Br. The molecule has 0 aliphatic rings. The number of halogens is 1. The van der Waals surface area contributed by atoms with Gasteiger partial charge in [-0.25, -0.2) is 0 Å². The highest BCUT2D eigenvalue weighted by Crippen LogP contribution is 2.23. The Hall–Kier alpha value is -1.08. The van der Waals surface area contributed by atoms with E-state index >= 15 is 0 Å². The number of rotatable bonds is 3. The normalized spacial score (nSPS) is 12.0. The molecule has 0 N–H and O–H groups in total. The minimum atomic E-state index is 1.13. The van der Waals surface area contributed by atoms with E-state index in [1.165, 1.54) is 11.1 Å². The first kappa shape index (κ1) is 11.0. The van der Waals surface area contributed by atoms with Crippen molar-refractivity contribution in [3.8, 4) is 0 Å². The van der Waals surface area contributed by atoms with E-state index in [-0.39, 0.29) is 0 Å². The van der Waals surface area contributed by atoms with E-state index in [1.54, 1.807) is 6.08 Å². The van der Waals surface area contributed by atoms with Crippen molar-refractivity contribution < 1.29 is 0 Å². The van der Waals surface area contributed by atoms with Gasteiger partial charge in [-0.1, -0.05) is 65.0 Å². The molecular weight excluding hydrogens is 236 g/mol. The molecule has 1 aromatic rings. The van der Waals surface area contributed by atoms with Crippen molar-refractivity contribution in [2.75, 3.05) is 0 Å². The largest absolute Gasteiger partial charge is 0.0991 e. The third kappa shape index (κ3) is 3.00. The third-order valence-electron chi connectivity index (χ3n) is 1.89. The average molecular weight is 249 g/mol. The Bertz CT molecular complexity index is 373. The minimum Gasteiger partial charge on any atom is -0.0991 e. The molecule has 0 aliphatic heterocycles. The molecule has 0 spiro atoms. The van der Waals surface area contributed by atoms with Crippen molar-refractivity contribution in [2.24, 2.45) is 0 Å². The molecule has 0 heterocycles. The van der Waals surface area contributed by atoms with Crippen LogP contribution in [0.3, 0.4) is 0 Å². The van der Waals surface area contributed by atoms with Crippen molar-refractivity contribution in [3.05, 3.63) is 65.2 Å². The van der Waals surface area contributed by atoms with Gasteiger partial charge in [0, 0.05) is 4.47 Å². The first-order valence-corrected chi connectivity index (χ1v) is 5.26.